The number of halogens is 1. The van der Waals surface area contributed by atoms with E-state index in [0.29, 0.717) is 0 Å². The molecule has 0 radical (unpaired) electrons. The van der Waals surface area contributed by atoms with Gasteiger partial charge in [-0.2, -0.15) is 0 Å². The van der Waals surface area contributed by atoms with Gasteiger partial charge in [0.1, 0.15) is 6.10 Å². The van der Waals surface area contributed by atoms with Crippen LogP contribution in [0.5, 0.6) is 0 Å². The van der Waals surface area contributed by atoms with Gasteiger partial charge in [0.2, 0.25) is 0 Å². The third kappa shape index (κ3) is 1.72. The second-order valence-corrected chi connectivity index (χ2v) is 3.47. The average Bonchev–Trinajstić information content (AvgIpc) is 2.14. The molecule has 1 aliphatic heterocycles. The molecule has 0 saturated carbocycles. The Kier molecular flexibility index (Phi) is 2.72. The van der Waals surface area contributed by atoms with Crippen molar-refractivity contribution in [3.05, 3.63) is 0 Å². The zero-order chi connectivity index (χ0) is 7.56. The summed E-state index contributed by atoms with van der Waals surface area (Å²) in [6.07, 6.45) is 2.00. The number of hydrogen-bond donors (Lipinski definition) is 0. The Labute approximate surface area is 69.1 Å². The molecule has 1 fully saturated rings. The minimum atomic E-state index is -0.0362. The van der Waals surface area contributed by atoms with Crippen LogP contribution < -0.4 is 0 Å². The van der Waals surface area contributed by atoms with E-state index in [0.717, 1.165) is 18.2 Å². The van der Waals surface area contributed by atoms with Crippen LogP contribution in [0.4, 0.5) is 0 Å². The lowest BCUT2D eigenvalue weighted by molar-refractivity contribution is -0.143. The Hall–Kier alpha value is -0.0500. The molecule has 1 heterocycles. The largest absolute Gasteiger partial charge is 0.462 e. The third-order valence-electron chi connectivity index (χ3n) is 1.73. The van der Waals surface area contributed by atoms with Crippen LogP contribution in [-0.4, -0.2) is 17.4 Å². The molecule has 10 heavy (non-hydrogen) atoms. The summed E-state index contributed by atoms with van der Waals surface area (Å²) in [5.74, 6) is 0.0787. The van der Waals surface area contributed by atoms with Gasteiger partial charge in [-0.05, 0) is 12.8 Å². The first-order chi connectivity index (χ1) is 4.74. The fourth-order valence-corrected chi connectivity index (χ4v) is 1.63. The number of esters is 1. The van der Waals surface area contributed by atoms with Gasteiger partial charge in [-0.25, -0.2) is 0 Å². The molecule has 2 atom stereocenters. The zero-order valence-corrected chi connectivity index (χ0v) is 7.56. The molecule has 1 saturated heterocycles. The molecule has 0 aliphatic carbocycles. The first-order valence-electron chi connectivity index (χ1n) is 3.50. The third-order valence-corrected chi connectivity index (χ3v) is 2.19. The predicted molar refractivity (Wildman–Crippen MR) is 42.1 cm³/mol. The van der Waals surface area contributed by atoms with Gasteiger partial charge in [0, 0.05) is 5.33 Å². The number of carbonyl (C=O) groups excluding carboxylic acids is 1. The van der Waals surface area contributed by atoms with Crippen LogP contribution in [0.1, 0.15) is 19.8 Å². The maximum Gasteiger partial charge on any atom is 0.309 e. The molecule has 0 aromatic rings. The lowest BCUT2D eigenvalue weighted by atomic mass is 10.1. The summed E-state index contributed by atoms with van der Waals surface area (Å²) < 4.78 is 5.05. The predicted octanol–water partition coefficient (Wildman–Crippen LogP) is 1.72. The molecule has 1 unspecified atom stereocenters. The van der Waals surface area contributed by atoms with E-state index in [-0.39, 0.29) is 18.0 Å². The van der Waals surface area contributed by atoms with Crippen molar-refractivity contribution in [2.75, 3.05) is 5.33 Å². The number of ether oxygens (including phenoxy) is 1. The molecular weight excluding hydrogens is 196 g/mol. The van der Waals surface area contributed by atoms with Crippen LogP contribution in [-0.2, 0) is 9.53 Å². The van der Waals surface area contributed by atoms with Crippen molar-refractivity contribution in [2.24, 2.45) is 5.92 Å². The minimum absolute atomic E-state index is 0.0362. The highest BCUT2D eigenvalue weighted by Crippen LogP contribution is 2.22. The Morgan fingerprint density at radius 1 is 1.80 bits per heavy atom. The van der Waals surface area contributed by atoms with E-state index in [1.165, 1.54) is 0 Å². The average molecular weight is 207 g/mol. The summed E-state index contributed by atoms with van der Waals surface area (Å²) in [5.41, 5.74) is 0. The molecule has 0 N–H and O–H groups in total. The van der Waals surface area contributed by atoms with Crippen molar-refractivity contribution in [2.45, 2.75) is 25.9 Å². The summed E-state index contributed by atoms with van der Waals surface area (Å²) in [4.78, 5) is 10.8. The second kappa shape index (κ2) is 3.37. The standard InChI is InChI=1S/C7H11BrO2/c1-5-4-6(2-3-8)10-7(5)9/h5-6H,2-4H2,1H3/t5?,6-/m1/s1. The van der Waals surface area contributed by atoms with Crippen molar-refractivity contribution in [1.29, 1.82) is 0 Å². The summed E-state index contributed by atoms with van der Waals surface area (Å²) in [6, 6.07) is 0. The smallest absolute Gasteiger partial charge is 0.309 e. The molecular formula is C7H11BrO2. The van der Waals surface area contributed by atoms with E-state index in [1.807, 2.05) is 6.92 Å². The maximum absolute atomic E-state index is 10.8. The molecule has 0 bridgehead atoms. The van der Waals surface area contributed by atoms with Gasteiger partial charge in [-0.1, -0.05) is 22.9 Å². The highest BCUT2D eigenvalue weighted by Gasteiger charge is 2.29. The summed E-state index contributed by atoms with van der Waals surface area (Å²) in [6.45, 7) is 1.91. The van der Waals surface area contributed by atoms with Crippen LogP contribution in [0, 0.1) is 5.92 Å². The van der Waals surface area contributed by atoms with Crippen molar-refractivity contribution in [3.8, 4) is 0 Å². The van der Waals surface area contributed by atoms with Crippen LogP contribution in [0.3, 0.4) is 0 Å². The van der Waals surface area contributed by atoms with E-state index in [9.17, 15) is 4.79 Å². The first kappa shape index (κ1) is 8.05. The van der Waals surface area contributed by atoms with Crippen molar-refractivity contribution < 1.29 is 9.53 Å². The summed E-state index contributed by atoms with van der Waals surface area (Å²) in [5, 5.41) is 0.914. The van der Waals surface area contributed by atoms with Gasteiger partial charge < -0.3 is 4.74 Å². The first-order valence-corrected chi connectivity index (χ1v) is 4.62. The monoisotopic (exact) mass is 206 g/mol. The van der Waals surface area contributed by atoms with Gasteiger partial charge in [0.25, 0.3) is 0 Å². The van der Waals surface area contributed by atoms with E-state index >= 15 is 0 Å². The lowest BCUT2D eigenvalue weighted by Crippen LogP contribution is -2.06. The van der Waals surface area contributed by atoms with Crippen LogP contribution in [0.2, 0.25) is 0 Å². The van der Waals surface area contributed by atoms with Crippen LogP contribution in [0.15, 0.2) is 0 Å². The molecule has 1 rings (SSSR count). The van der Waals surface area contributed by atoms with Crippen molar-refractivity contribution in [3.63, 3.8) is 0 Å². The highest BCUT2D eigenvalue weighted by molar-refractivity contribution is 9.09. The Bertz CT molecular complexity index is 136. The number of cyclic esters (lactones) is 1. The van der Waals surface area contributed by atoms with E-state index in [4.69, 9.17) is 4.74 Å². The molecule has 1 aliphatic rings. The maximum atomic E-state index is 10.8. The second-order valence-electron chi connectivity index (χ2n) is 2.67. The Balaban J connectivity index is 2.34. The number of rotatable bonds is 2. The summed E-state index contributed by atoms with van der Waals surface area (Å²) >= 11 is 3.31. The molecule has 0 aromatic carbocycles. The van der Waals surface area contributed by atoms with E-state index < -0.39 is 0 Å². The molecule has 0 spiro atoms. The normalized spacial score (nSPS) is 32.4. The Morgan fingerprint density at radius 3 is 2.90 bits per heavy atom. The molecule has 0 amide bonds. The van der Waals surface area contributed by atoms with Crippen molar-refractivity contribution in [1.82, 2.24) is 0 Å². The van der Waals surface area contributed by atoms with Gasteiger partial charge in [0.15, 0.2) is 0 Å². The van der Waals surface area contributed by atoms with Crippen molar-refractivity contribution >= 4 is 21.9 Å². The van der Waals surface area contributed by atoms with Crippen LogP contribution in [0.25, 0.3) is 0 Å². The fourth-order valence-electron chi connectivity index (χ4n) is 1.12. The highest BCUT2D eigenvalue weighted by atomic mass is 79.9. The van der Waals surface area contributed by atoms with Gasteiger partial charge >= 0.3 is 5.97 Å². The Morgan fingerprint density at radius 2 is 2.50 bits per heavy atom. The number of carbonyl (C=O) groups is 1. The topological polar surface area (TPSA) is 26.3 Å². The lowest BCUT2D eigenvalue weighted by Gasteiger charge is -2.04. The number of alkyl halides is 1. The zero-order valence-electron chi connectivity index (χ0n) is 5.97. The van der Waals surface area contributed by atoms with E-state index in [2.05, 4.69) is 15.9 Å². The van der Waals surface area contributed by atoms with Gasteiger partial charge in [-0.3, -0.25) is 4.79 Å². The molecule has 58 valence electrons. The molecule has 2 nitrogen and oxygen atoms in total. The van der Waals surface area contributed by atoms with Crippen LogP contribution >= 0.6 is 15.9 Å². The van der Waals surface area contributed by atoms with Gasteiger partial charge in [-0.15, -0.1) is 0 Å². The summed E-state index contributed by atoms with van der Waals surface area (Å²) in [7, 11) is 0. The van der Waals surface area contributed by atoms with Gasteiger partial charge in [0.05, 0.1) is 5.92 Å². The fraction of sp³-hybridized carbons (Fsp3) is 0.857. The quantitative estimate of drug-likeness (QED) is 0.509. The minimum Gasteiger partial charge on any atom is -0.462 e. The molecule has 0 aromatic heterocycles. The number of hydrogen-bond acceptors (Lipinski definition) is 2. The molecule has 3 heteroatoms. The van der Waals surface area contributed by atoms with E-state index in [1.54, 1.807) is 0 Å². The SMILES string of the molecule is CC1C[C@@H](CCBr)OC1=O.